The summed E-state index contributed by atoms with van der Waals surface area (Å²) in [5, 5.41) is 25.7. The molecule has 11 heteroatoms. The van der Waals surface area contributed by atoms with Gasteiger partial charge in [-0.25, -0.2) is 0 Å². The van der Waals surface area contributed by atoms with Crippen LogP contribution in [0.2, 0.25) is 0 Å². The van der Waals surface area contributed by atoms with Gasteiger partial charge in [0.15, 0.2) is 0 Å². The molecule has 44 heavy (non-hydrogen) atoms. The molecule has 1 heterocycles. The molecule has 4 rings (SSSR count). The Kier molecular flexibility index (Phi) is 10.1. The number of fused-ring (bicyclic) bond motifs is 1. The zero-order chi connectivity index (χ0) is 32.0. The molecule has 230 valence electrons. The Morgan fingerprint density at radius 3 is 2.55 bits per heavy atom. The van der Waals surface area contributed by atoms with Gasteiger partial charge in [-0.3, -0.25) is 24.5 Å². The Morgan fingerprint density at radius 2 is 1.86 bits per heavy atom. The first-order valence-electron chi connectivity index (χ1n) is 14.2. The molecule has 0 aliphatic rings. The molecule has 3 N–H and O–H groups in total. The van der Waals surface area contributed by atoms with Gasteiger partial charge in [-0.1, -0.05) is 31.2 Å². The van der Waals surface area contributed by atoms with Gasteiger partial charge in [0.1, 0.15) is 6.04 Å². The predicted molar refractivity (Wildman–Crippen MR) is 167 cm³/mol. The number of rotatable bonds is 12. The number of pyridine rings is 1. The van der Waals surface area contributed by atoms with Crippen LogP contribution < -0.4 is 10.9 Å². The molecule has 0 fully saturated rings. The van der Waals surface area contributed by atoms with Crippen molar-refractivity contribution in [3.05, 3.63) is 115 Å². The number of non-ortho nitro benzene ring substituents is 1. The zero-order valence-electron chi connectivity index (χ0n) is 25.1. The number of H-pyrrole nitrogens is 1. The molecule has 3 aromatic carbocycles. The number of nitrogens with zero attached hydrogens (tertiary/aromatic N) is 2. The minimum Gasteiger partial charge on any atom is -0.469 e. The van der Waals surface area contributed by atoms with Crippen molar-refractivity contribution in [1.82, 2.24) is 9.88 Å². The molecule has 4 aromatic rings. The van der Waals surface area contributed by atoms with E-state index in [1.807, 2.05) is 32.0 Å². The Morgan fingerprint density at radius 1 is 1.09 bits per heavy atom. The lowest BCUT2D eigenvalue weighted by atomic mass is 9.90. The SMILES string of the molecule is COC(=O)CCC(C)c1ccc(C(Nc2ccc3cc[nH]c(=O)c3c2)C(=O)N(C)Cc2cc([N+](=O)[O-])ccc2CO)cc1C. The number of aromatic nitrogens is 1. The molecule has 0 aliphatic carbocycles. The van der Waals surface area contributed by atoms with Crippen LogP contribution in [0.5, 0.6) is 0 Å². The number of aliphatic hydroxyl groups excluding tert-OH is 1. The largest absolute Gasteiger partial charge is 0.469 e. The maximum Gasteiger partial charge on any atom is 0.305 e. The Labute approximate surface area is 254 Å². The molecule has 2 atom stereocenters. The number of hydrogen-bond acceptors (Lipinski definition) is 8. The maximum atomic E-state index is 14.1. The molecule has 0 aliphatic heterocycles. The van der Waals surface area contributed by atoms with Crippen molar-refractivity contribution in [2.75, 3.05) is 19.5 Å². The van der Waals surface area contributed by atoms with Crippen LogP contribution in [0.1, 0.15) is 59.5 Å². The highest BCUT2D eigenvalue weighted by molar-refractivity contribution is 5.89. The fraction of sp³-hybridized carbons (Fsp3) is 0.303. The zero-order valence-corrected chi connectivity index (χ0v) is 25.1. The maximum absolute atomic E-state index is 14.1. The molecule has 0 saturated heterocycles. The molecular formula is C33H36N4O7. The second-order valence-electron chi connectivity index (χ2n) is 10.9. The average molecular weight is 601 g/mol. The first-order chi connectivity index (χ1) is 21.0. The number of hydrogen-bond donors (Lipinski definition) is 3. The summed E-state index contributed by atoms with van der Waals surface area (Å²) in [7, 11) is 2.96. The number of aromatic amines is 1. The summed E-state index contributed by atoms with van der Waals surface area (Å²) in [5.41, 5.74) is 3.76. The van der Waals surface area contributed by atoms with Gasteiger partial charge in [-0.15, -0.1) is 0 Å². The third-order valence-corrected chi connectivity index (χ3v) is 7.86. The van der Waals surface area contributed by atoms with Crippen LogP contribution >= 0.6 is 0 Å². The number of anilines is 1. The van der Waals surface area contributed by atoms with Gasteiger partial charge in [0.05, 0.1) is 18.6 Å². The number of methoxy groups -OCH3 is 1. The van der Waals surface area contributed by atoms with Crippen LogP contribution in [-0.2, 0) is 27.5 Å². The van der Waals surface area contributed by atoms with Gasteiger partial charge < -0.3 is 25.0 Å². The van der Waals surface area contributed by atoms with E-state index in [0.29, 0.717) is 40.6 Å². The fourth-order valence-corrected chi connectivity index (χ4v) is 5.33. The third kappa shape index (κ3) is 7.30. The second-order valence-corrected chi connectivity index (χ2v) is 10.9. The summed E-state index contributed by atoms with van der Waals surface area (Å²) >= 11 is 0. The molecule has 1 amide bonds. The van der Waals surface area contributed by atoms with Crippen LogP contribution in [-0.4, -0.2) is 45.9 Å². The van der Waals surface area contributed by atoms with E-state index >= 15 is 0 Å². The number of carbonyl (C=O) groups is 2. The summed E-state index contributed by atoms with van der Waals surface area (Å²) < 4.78 is 4.77. The standard InChI is InChI=1S/C33H36N4O7/c1-20(5-12-30(39)44-4)28-11-8-23(15-21(28)2)31(35-26-9-6-22-13-14-34-32(40)29(22)17-26)33(41)36(3)18-25-16-27(37(42)43)10-7-24(25)19-38/h6-11,13-17,20,31,35,38H,5,12,18-19H2,1-4H3,(H,34,40). The molecule has 11 nitrogen and oxygen atoms in total. The lowest BCUT2D eigenvalue weighted by Gasteiger charge is -2.27. The molecule has 1 aromatic heterocycles. The molecule has 0 spiro atoms. The minimum atomic E-state index is -0.880. The Bertz CT molecular complexity index is 1750. The minimum absolute atomic E-state index is 0.0214. The number of nitro benzene ring substituents is 1. The van der Waals surface area contributed by atoms with Crippen LogP contribution in [0.15, 0.2) is 71.7 Å². The predicted octanol–water partition coefficient (Wildman–Crippen LogP) is 5.11. The molecule has 0 saturated carbocycles. The molecule has 2 unspecified atom stereocenters. The number of ether oxygens (including phenoxy) is 1. The van der Waals surface area contributed by atoms with Gasteiger partial charge in [-0.2, -0.15) is 0 Å². The number of esters is 1. The van der Waals surface area contributed by atoms with Gasteiger partial charge in [-0.05, 0) is 76.7 Å². The second kappa shape index (κ2) is 14.0. The van der Waals surface area contributed by atoms with Crippen molar-refractivity contribution in [3.63, 3.8) is 0 Å². The highest BCUT2D eigenvalue weighted by Crippen LogP contribution is 2.30. The summed E-state index contributed by atoms with van der Waals surface area (Å²) in [4.78, 5) is 53.2. The first-order valence-corrected chi connectivity index (χ1v) is 14.2. The van der Waals surface area contributed by atoms with Crippen LogP contribution in [0.3, 0.4) is 0 Å². The first kappa shape index (κ1) is 31.9. The highest BCUT2D eigenvalue weighted by atomic mass is 16.6. The Balaban J connectivity index is 1.69. The van der Waals surface area contributed by atoms with E-state index in [9.17, 15) is 29.6 Å². The van der Waals surface area contributed by atoms with Gasteiger partial charge in [0.2, 0.25) is 5.91 Å². The van der Waals surface area contributed by atoms with E-state index in [1.165, 1.54) is 30.2 Å². The van der Waals surface area contributed by atoms with E-state index in [1.54, 1.807) is 37.5 Å². The topological polar surface area (TPSA) is 155 Å². The number of nitrogens with one attached hydrogen (secondary N) is 2. The summed E-state index contributed by atoms with van der Waals surface area (Å²) in [6, 6.07) is 16.1. The van der Waals surface area contributed by atoms with Crippen LogP contribution in [0.4, 0.5) is 11.4 Å². The lowest BCUT2D eigenvalue weighted by Crippen LogP contribution is -2.35. The van der Waals surface area contributed by atoms with Crippen molar-refractivity contribution in [1.29, 1.82) is 0 Å². The Hall–Kier alpha value is -5.03. The molecular weight excluding hydrogens is 564 g/mol. The quantitative estimate of drug-likeness (QED) is 0.115. The van der Waals surface area contributed by atoms with Gasteiger partial charge in [0.25, 0.3) is 11.2 Å². The smallest absolute Gasteiger partial charge is 0.305 e. The number of likely N-dealkylation sites (N-methyl/N-ethyl adjacent to an activating group) is 1. The van der Waals surface area contributed by atoms with Crippen molar-refractivity contribution in [3.8, 4) is 0 Å². The number of nitro groups is 1. The molecule has 0 bridgehead atoms. The van der Waals surface area contributed by atoms with Crippen LogP contribution in [0.25, 0.3) is 10.8 Å². The summed E-state index contributed by atoms with van der Waals surface area (Å²) in [6.45, 7) is 3.67. The number of aliphatic hydroxyl groups is 1. The molecule has 0 radical (unpaired) electrons. The number of benzene rings is 3. The van der Waals surface area contributed by atoms with E-state index in [4.69, 9.17) is 4.74 Å². The van der Waals surface area contributed by atoms with Gasteiger partial charge in [0, 0.05) is 49.4 Å². The lowest BCUT2D eigenvalue weighted by molar-refractivity contribution is -0.384. The highest BCUT2D eigenvalue weighted by Gasteiger charge is 2.26. The van der Waals surface area contributed by atoms with Crippen molar-refractivity contribution < 1.29 is 24.4 Å². The monoisotopic (exact) mass is 600 g/mol. The van der Waals surface area contributed by atoms with Crippen molar-refractivity contribution in [2.24, 2.45) is 0 Å². The van der Waals surface area contributed by atoms with E-state index in [2.05, 4.69) is 10.3 Å². The van der Waals surface area contributed by atoms with Crippen molar-refractivity contribution >= 4 is 34.0 Å². The van der Waals surface area contributed by atoms with Crippen LogP contribution in [0, 0.1) is 17.0 Å². The number of aryl methyl sites for hydroxylation is 1. The average Bonchev–Trinajstić information content (AvgIpc) is 3.02. The third-order valence-electron chi connectivity index (χ3n) is 7.86. The number of carbonyl (C=O) groups excluding carboxylic acids is 2. The summed E-state index contributed by atoms with van der Waals surface area (Å²) in [5.74, 6) is -0.523. The van der Waals surface area contributed by atoms with E-state index in [-0.39, 0.29) is 42.2 Å². The van der Waals surface area contributed by atoms with E-state index < -0.39 is 11.0 Å². The van der Waals surface area contributed by atoms with Crippen molar-refractivity contribution in [2.45, 2.75) is 51.8 Å². The van der Waals surface area contributed by atoms with Gasteiger partial charge >= 0.3 is 5.97 Å². The van der Waals surface area contributed by atoms with E-state index in [0.717, 1.165) is 16.5 Å². The fourth-order valence-electron chi connectivity index (χ4n) is 5.33. The normalized spacial score (nSPS) is 12.4. The number of amides is 1. The summed E-state index contributed by atoms with van der Waals surface area (Å²) in [6.07, 6.45) is 2.48.